The van der Waals surface area contributed by atoms with Gasteiger partial charge in [-0.3, -0.25) is 4.18 Å². The Morgan fingerprint density at radius 2 is 1.19 bits per heavy atom. The van der Waals surface area contributed by atoms with Gasteiger partial charge in [0, 0.05) is 0 Å². The van der Waals surface area contributed by atoms with Crippen LogP contribution in [0.1, 0.15) is 71.1 Å². The number of aliphatic hydroxyl groups excluding tert-OH is 3. The molecular formula is C15H33FNa2O7S. The van der Waals surface area contributed by atoms with Gasteiger partial charge in [0.15, 0.2) is 0 Å². The third-order valence-corrected chi connectivity index (χ3v) is 3.60. The van der Waals surface area contributed by atoms with Crippen LogP contribution in [-0.4, -0.2) is 54.2 Å². The Labute approximate surface area is 202 Å². The molecule has 0 aromatic heterocycles. The van der Waals surface area contributed by atoms with Gasteiger partial charge in [-0.1, -0.05) is 64.7 Å². The van der Waals surface area contributed by atoms with Gasteiger partial charge in [-0.2, -0.15) is 0 Å². The van der Waals surface area contributed by atoms with Crippen molar-refractivity contribution >= 4 is 10.4 Å². The van der Waals surface area contributed by atoms with Crippen LogP contribution in [0.2, 0.25) is 0 Å². The molecule has 0 aliphatic heterocycles. The summed E-state index contributed by atoms with van der Waals surface area (Å²) in [4.78, 5) is 0. The molecule has 0 spiro atoms. The first-order valence-corrected chi connectivity index (χ1v) is 9.70. The maximum atomic E-state index is 10.1. The molecule has 0 atom stereocenters. The average Bonchev–Trinajstić information content (AvgIpc) is 2.51. The molecule has 0 radical (unpaired) electrons. The molecule has 0 aliphatic rings. The van der Waals surface area contributed by atoms with Crippen LogP contribution < -0.4 is 63.8 Å². The third-order valence-electron chi connectivity index (χ3n) is 3.15. The van der Waals surface area contributed by atoms with Crippen LogP contribution in [0, 0.1) is 0 Å². The number of rotatable bonds is 14. The van der Waals surface area contributed by atoms with Gasteiger partial charge in [0.25, 0.3) is 0 Å². The van der Waals surface area contributed by atoms with E-state index in [0.717, 1.165) is 12.8 Å². The molecule has 0 unspecified atom stereocenters. The normalized spacial score (nSPS) is 10.1. The van der Waals surface area contributed by atoms with Crippen LogP contribution in [0.25, 0.3) is 0 Å². The first-order chi connectivity index (χ1) is 10.9. The van der Waals surface area contributed by atoms with E-state index >= 15 is 0 Å². The molecule has 7 nitrogen and oxygen atoms in total. The van der Waals surface area contributed by atoms with Crippen LogP contribution in [0.15, 0.2) is 0 Å². The van der Waals surface area contributed by atoms with Gasteiger partial charge in [0.05, 0.1) is 19.8 Å². The Morgan fingerprint density at radius 1 is 0.846 bits per heavy atom. The largest absolute Gasteiger partial charge is 1.00 e. The molecule has 3 N–H and O–H groups in total. The fourth-order valence-electron chi connectivity index (χ4n) is 1.81. The molecule has 150 valence electrons. The predicted octanol–water partition coefficient (Wildman–Crippen LogP) is -7.27. The van der Waals surface area contributed by atoms with Crippen LogP contribution >= 0.6 is 0 Å². The summed E-state index contributed by atoms with van der Waals surface area (Å²) in [6.45, 7) is 1.51. The van der Waals surface area contributed by atoms with Crippen molar-refractivity contribution in [2.45, 2.75) is 77.2 Å². The van der Waals surface area contributed by atoms with E-state index in [-0.39, 0.29) is 83.6 Å². The molecule has 0 aromatic carbocycles. The van der Waals surface area contributed by atoms with Crippen LogP contribution in [0.5, 0.6) is 0 Å². The minimum absolute atomic E-state index is 0. The SMILES string of the molecule is CCCCCCCCCCCCOS(=O)(=O)[O-].OCC(O)CO.[F-].[Na+].[Na+]. The summed E-state index contributed by atoms with van der Waals surface area (Å²) in [5.74, 6) is 0. The van der Waals surface area contributed by atoms with Crippen molar-refractivity contribution < 1.29 is 96.3 Å². The predicted molar refractivity (Wildman–Crippen MR) is 87.7 cm³/mol. The van der Waals surface area contributed by atoms with Gasteiger partial charge < -0.3 is 24.6 Å². The van der Waals surface area contributed by atoms with Gasteiger partial charge in [-0.05, 0) is 6.42 Å². The molecule has 0 aromatic rings. The maximum absolute atomic E-state index is 10.1. The molecule has 0 rings (SSSR count). The van der Waals surface area contributed by atoms with Gasteiger partial charge in [-0.15, -0.1) is 0 Å². The summed E-state index contributed by atoms with van der Waals surface area (Å²) in [6, 6.07) is 0. The molecule has 0 saturated carbocycles. The van der Waals surface area contributed by atoms with Crippen LogP contribution in [0.4, 0.5) is 0 Å². The zero-order chi connectivity index (χ0) is 18.0. The molecule has 0 bridgehead atoms. The van der Waals surface area contributed by atoms with Crippen molar-refractivity contribution in [1.29, 1.82) is 0 Å². The molecule has 26 heavy (non-hydrogen) atoms. The quantitative estimate of drug-likeness (QED) is 0.110. The summed E-state index contributed by atoms with van der Waals surface area (Å²) in [7, 11) is -4.48. The molecule has 0 fully saturated rings. The minimum Gasteiger partial charge on any atom is -1.00 e. The summed E-state index contributed by atoms with van der Waals surface area (Å²) < 4.78 is 34.5. The summed E-state index contributed by atoms with van der Waals surface area (Å²) in [5, 5.41) is 24.0. The second-order valence-electron chi connectivity index (χ2n) is 5.43. The van der Waals surface area contributed by atoms with E-state index in [1.54, 1.807) is 0 Å². The molecule has 0 aliphatic carbocycles. The van der Waals surface area contributed by atoms with E-state index in [0.29, 0.717) is 6.42 Å². The smallest absolute Gasteiger partial charge is 1.00 e. The molecule has 11 heteroatoms. The molecule has 0 saturated heterocycles. The fraction of sp³-hybridized carbons (Fsp3) is 1.00. The molecule has 0 heterocycles. The Morgan fingerprint density at radius 3 is 1.46 bits per heavy atom. The minimum atomic E-state index is -4.48. The summed E-state index contributed by atoms with van der Waals surface area (Å²) >= 11 is 0. The zero-order valence-corrected chi connectivity index (χ0v) is 21.3. The monoisotopic (exact) mass is 422 g/mol. The third kappa shape index (κ3) is 40.4. The van der Waals surface area contributed by atoms with E-state index in [1.165, 1.54) is 44.9 Å². The van der Waals surface area contributed by atoms with Crippen LogP contribution in [0.3, 0.4) is 0 Å². The maximum Gasteiger partial charge on any atom is 1.00 e. The summed E-state index contributed by atoms with van der Waals surface area (Å²) in [5.41, 5.74) is 0. The number of hydrogen-bond acceptors (Lipinski definition) is 7. The van der Waals surface area contributed by atoms with Gasteiger partial charge in [-0.25, -0.2) is 8.42 Å². The van der Waals surface area contributed by atoms with Gasteiger partial charge in [0.2, 0.25) is 10.4 Å². The Hall–Kier alpha value is 1.68. The number of unbranched alkanes of at least 4 members (excludes halogenated alkanes) is 9. The first-order valence-electron chi connectivity index (χ1n) is 8.37. The Bertz CT molecular complexity index is 332. The van der Waals surface area contributed by atoms with Crippen molar-refractivity contribution in [1.82, 2.24) is 0 Å². The second kappa shape index (κ2) is 28.9. The van der Waals surface area contributed by atoms with Crippen molar-refractivity contribution in [3.8, 4) is 0 Å². The Kier molecular flexibility index (Phi) is 42.6. The zero-order valence-electron chi connectivity index (χ0n) is 16.5. The van der Waals surface area contributed by atoms with E-state index in [4.69, 9.17) is 15.3 Å². The fourth-order valence-corrected chi connectivity index (χ4v) is 2.13. The average molecular weight is 422 g/mol. The molecular weight excluding hydrogens is 389 g/mol. The van der Waals surface area contributed by atoms with Gasteiger partial charge in [0.1, 0.15) is 6.10 Å². The standard InChI is InChI=1S/C12H26O4S.C3H8O3.FH.2Na/c1-2-3-4-5-6-7-8-9-10-11-12-16-17(13,14)15;4-1-3(6)2-5;;;/h2-12H2,1H3,(H,13,14,15);3-6H,1-2H2;1H;;/q;;;2*+1/p-2. The number of hydrogen-bond donors (Lipinski definition) is 3. The van der Waals surface area contributed by atoms with E-state index in [9.17, 15) is 13.0 Å². The van der Waals surface area contributed by atoms with Crippen molar-refractivity contribution in [2.75, 3.05) is 19.8 Å². The van der Waals surface area contributed by atoms with Crippen LogP contribution in [-0.2, 0) is 14.6 Å². The topological polar surface area (TPSA) is 127 Å². The number of halogens is 1. The molecule has 0 amide bonds. The van der Waals surface area contributed by atoms with Crippen molar-refractivity contribution in [2.24, 2.45) is 0 Å². The van der Waals surface area contributed by atoms with Crippen molar-refractivity contribution in [3.63, 3.8) is 0 Å². The first kappa shape index (κ1) is 38.3. The summed E-state index contributed by atoms with van der Waals surface area (Å²) in [6.07, 6.45) is 10.7. The van der Waals surface area contributed by atoms with E-state index in [1.807, 2.05) is 0 Å². The van der Waals surface area contributed by atoms with E-state index in [2.05, 4.69) is 11.1 Å². The number of aliphatic hydroxyl groups is 3. The second-order valence-corrected chi connectivity index (χ2v) is 6.48. The van der Waals surface area contributed by atoms with Crippen molar-refractivity contribution in [3.05, 3.63) is 0 Å². The van der Waals surface area contributed by atoms with Gasteiger partial charge >= 0.3 is 59.1 Å². The Balaban J connectivity index is -0.000000142. The van der Waals surface area contributed by atoms with E-state index < -0.39 is 16.5 Å².